The number of hydrogen-bond acceptors (Lipinski definition) is 2. The van der Waals surface area contributed by atoms with Gasteiger partial charge in [0.1, 0.15) is 0 Å². The summed E-state index contributed by atoms with van der Waals surface area (Å²) in [6.07, 6.45) is 2.21. The zero-order valence-electron chi connectivity index (χ0n) is 8.50. The molecule has 15 heavy (non-hydrogen) atoms. The van der Waals surface area contributed by atoms with Gasteiger partial charge in [-0.05, 0) is 37.1 Å². The molecule has 0 spiro atoms. The lowest BCUT2D eigenvalue weighted by Crippen LogP contribution is -2.11. The van der Waals surface area contributed by atoms with Gasteiger partial charge in [-0.1, -0.05) is 0 Å². The highest BCUT2D eigenvalue weighted by atomic mass is 35.5. The van der Waals surface area contributed by atoms with Crippen LogP contribution in [0.25, 0.3) is 0 Å². The van der Waals surface area contributed by atoms with Crippen molar-refractivity contribution in [3.05, 3.63) is 24.3 Å². The molecule has 4 heteroatoms. The van der Waals surface area contributed by atoms with Crippen LogP contribution in [0, 0.1) is 0 Å². The van der Waals surface area contributed by atoms with E-state index in [1.165, 1.54) is 0 Å². The first kappa shape index (κ1) is 11.9. The fourth-order valence-corrected chi connectivity index (χ4v) is 1.36. The van der Waals surface area contributed by atoms with E-state index in [-0.39, 0.29) is 5.91 Å². The highest BCUT2D eigenvalue weighted by Crippen LogP contribution is 2.11. The van der Waals surface area contributed by atoms with Gasteiger partial charge in [-0.3, -0.25) is 4.79 Å². The summed E-state index contributed by atoms with van der Waals surface area (Å²) in [7, 11) is 0. The Morgan fingerprint density at radius 2 is 1.93 bits per heavy atom. The van der Waals surface area contributed by atoms with Gasteiger partial charge < -0.3 is 11.1 Å². The molecule has 0 saturated carbocycles. The first-order valence-corrected chi connectivity index (χ1v) is 5.47. The van der Waals surface area contributed by atoms with Crippen LogP contribution in [0.2, 0.25) is 0 Å². The van der Waals surface area contributed by atoms with Gasteiger partial charge in [0, 0.05) is 23.7 Å². The van der Waals surface area contributed by atoms with Crippen molar-refractivity contribution in [3.8, 4) is 0 Å². The average molecular weight is 227 g/mol. The molecule has 1 amide bonds. The molecule has 0 atom stereocenters. The highest BCUT2D eigenvalue weighted by molar-refractivity contribution is 6.17. The summed E-state index contributed by atoms with van der Waals surface area (Å²) in [4.78, 5) is 11.4. The van der Waals surface area contributed by atoms with E-state index in [2.05, 4.69) is 5.32 Å². The van der Waals surface area contributed by atoms with Crippen LogP contribution in [0.1, 0.15) is 19.3 Å². The Labute approximate surface area is 94.6 Å². The van der Waals surface area contributed by atoms with E-state index in [9.17, 15) is 4.79 Å². The van der Waals surface area contributed by atoms with Crippen molar-refractivity contribution < 1.29 is 4.79 Å². The maximum Gasteiger partial charge on any atom is 0.224 e. The Bertz CT molecular complexity index is 311. The summed E-state index contributed by atoms with van der Waals surface area (Å²) in [5, 5.41) is 2.79. The van der Waals surface area contributed by atoms with Gasteiger partial charge in [0.15, 0.2) is 0 Å². The Hall–Kier alpha value is -1.22. The third-order valence-corrected chi connectivity index (χ3v) is 2.25. The number of halogens is 1. The lowest BCUT2D eigenvalue weighted by Gasteiger charge is -2.04. The fourth-order valence-electron chi connectivity index (χ4n) is 1.17. The molecule has 0 heterocycles. The summed E-state index contributed by atoms with van der Waals surface area (Å²) in [6.45, 7) is 0. The maximum absolute atomic E-state index is 11.4. The molecule has 0 aliphatic heterocycles. The molecule has 1 aromatic rings. The van der Waals surface area contributed by atoms with Crippen molar-refractivity contribution in [2.24, 2.45) is 0 Å². The molecular weight excluding hydrogens is 212 g/mol. The Balaban J connectivity index is 2.34. The monoisotopic (exact) mass is 226 g/mol. The number of amides is 1. The zero-order chi connectivity index (χ0) is 11.1. The van der Waals surface area contributed by atoms with E-state index in [1.807, 2.05) is 0 Å². The van der Waals surface area contributed by atoms with Gasteiger partial charge in [0.2, 0.25) is 5.91 Å². The largest absolute Gasteiger partial charge is 0.399 e. The number of nitrogens with one attached hydrogen (secondary N) is 1. The van der Waals surface area contributed by atoms with Crippen LogP contribution >= 0.6 is 11.6 Å². The second kappa shape index (κ2) is 6.30. The lowest BCUT2D eigenvalue weighted by molar-refractivity contribution is -0.116. The molecule has 0 fully saturated rings. The zero-order valence-corrected chi connectivity index (χ0v) is 9.26. The smallest absolute Gasteiger partial charge is 0.224 e. The number of carbonyl (C=O) groups excluding carboxylic acids is 1. The third kappa shape index (κ3) is 4.70. The van der Waals surface area contributed by atoms with Gasteiger partial charge in [-0.2, -0.15) is 0 Å². The molecule has 3 N–H and O–H groups in total. The van der Waals surface area contributed by atoms with Crippen molar-refractivity contribution in [1.29, 1.82) is 0 Å². The van der Waals surface area contributed by atoms with Gasteiger partial charge in [0.05, 0.1) is 0 Å². The SMILES string of the molecule is Nc1ccc(NC(=O)CCCCCl)cc1. The molecule has 1 rings (SSSR count). The van der Waals surface area contributed by atoms with Crippen molar-refractivity contribution in [3.63, 3.8) is 0 Å². The number of carbonyl (C=O) groups is 1. The molecule has 0 saturated heterocycles. The minimum absolute atomic E-state index is 0.0184. The topological polar surface area (TPSA) is 55.1 Å². The van der Waals surface area contributed by atoms with E-state index < -0.39 is 0 Å². The maximum atomic E-state index is 11.4. The summed E-state index contributed by atoms with van der Waals surface area (Å²) in [6, 6.07) is 7.09. The molecule has 82 valence electrons. The molecule has 0 aromatic heterocycles. The van der Waals surface area contributed by atoms with Crippen molar-refractivity contribution in [1.82, 2.24) is 0 Å². The van der Waals surface area contributed by atoms with Crippen LogP contribution in [0.5, 0.6) is 0 Å². The average Bonchev–Trinajstić information content (AvgIpc) is 2.22. The van der Waals surface area contributed by atoms with E-state index in [1.54, 1.807) is 24.3 Å². The third-order valence-electron chi connectivity index (χ3n) is 1.98. The molecule has 3 nitrogen and oxygen atoms in total. The van der Waals surface area contributed by atoms with Gasteiger partial charge in [-0.15, -0.1) is 11.6 Å². The van der Waals surface area contributed by atoms with Gasteiger partial charge in [0.25, 0.3) is 0 Å². The normalized spacial score (nSPS) is 9.93. The van der Waals surface area contributed by atoms with Crippen LogP contribution < -0.4 is 11.1 Å². The van der Waals surface area contributed by atoms with Crippen molar-refractivity contribution >= 4 is 28.9 Å². The minimum Gasteiger partial charge on any atom is -0.399 e. The molecule has 0 unspecified atom stereocenters. The second-order valence-electron chi connectivity index (χ2n) is 3.32. The number of rotatable bonds is 5. The molecule has 0 bridgehead atoms. The Morgan fingerprint density at radius 1 is 1.27 bits per heavy atom. The number of nitrogen functional groups attached to an aromatic ring is 1. The summed E-state index contributed by atoms with van der Waals surface area (Å²) < 4.78 is 0. The number of anilines is 2. The number of hydrogen-bond donors (Lipinski definition) is 2. The predicted molar refractivity (Wildman–Crippen MR) is 64.1 cm³/mol. The number of alkyl halides is 1. The van der Waals surface area contributed by atoms with Crippen LogP contribution in [0.15, 0.2) is 24.3 Å². The summed E-state index contributed by atoms with van der Waals surface area (Å²) in [5.41, 5.74) is 7.00. The molecule has 0 aliphatic carbocycles. The van der Waals surface area contributed by atoms with Crippen LogP contribution in [0.3, 0.4) is 0 Å². The predicted octanol–water partition coefficient (Wildman–Crippen LogP) is 2.62. The van der Waals surface area contributed by atoms with E-state index in [4.69, 9.17) is 17.3 Å². The van der Waals surface area contributed by atoms with E-state index in [0.717, 1.165) is 18.5 Å². The molecular formula is C11H15ClN2O. The first-order valence-electron chi connectivity index (χ1n) is 4.93. The van der Waals surface area contributed by atoms with Crippen LogP contribution in [-0.4, -0.2) is 11.8 Å². The summed E-state index contributed by atoms with van der Waals surface area (Å²) >= 11 is 5.52. The highest BCUT2D eigenvalue weighted by Gasteiger charge is 2.01. The Morgan fingerprint density at radius 3 is 2.53 bits per heavy atom. The van der Waals surface area contributed by atoms with E-state index in [0.29, 0.717) is 18.0 Å². The standard InChI is InChI=1S/C11H15ClN2O/c12-8-2-1-3-11(15)14-10-6-4-9(13)5-7-10/h4-7H,1-3,8,13H2,(H,14,15). The Kier molecular flexibility index (Phi) is 4.98. The fraction of sp³-hybridized carbons (Fsp3) is 0.364. The molecule has 0 radical (unpaired) electrons. The number of nitrogens with two attached hydrogens (primary N) is 1. The number of unbranched alkanes of at least 4 members (excludes halogenated alkanes) is 1. The van der Waals surface area contributed by atoms with E-state index >= 15 is 0 Å². The van der Waals surface area contributed by atoms with Crippen LogP contribution in [-0.2, 0) is 4.79 Å². The van der Waals surface area contributed by atoms with Crippen LogP contribution in [0.4, 0.5) is 11.4 Å². The molecule has 0 aliphatic rings. The van der Waals surface area contributed by atoms with Gasteiger partial charge >= 0.3 is 0 Å². The quantitative estimate of drug-likeness (QED) is 0.461. The van der Waals surface area contributed by atoms with Crippen molar-refractivity contribution in [2.45, 2.75) is 19.3 Å². The number of benzene rings is 1. The second-order valence-corrected chi connectivity index (χ2v) is 3.69. The summed E-state index contributed by atoms with van der Waals surface area (Å²) in [5.74, 6) is 0.625. The van der Waals surface area contributed by atoms with Gasteiger partial charge in [-0.25, -0.2) is 0 Å². The lowest BCUT2D eigenvalue weighted by atomic mass is 10.2. The van der Waals surface area contributed by atoms with Crippen molar-refractivity contribution in [2.75, 3.05) is 16.9 Å². The first-order chi connectivity index (χ1) is 7.22. The molecule has 1 aromatic carbocycles. The minimum atomic E-state index is 0.0184.